The molecule has 1 aromatic rings. The lowest BCUT2D eigenvalue weighted by Gasteiger charge is -2.13. The molecule has 0 heterocycles. The van der Waals surface area contributed by atoms with Crippen LogP contribution in [0.1, 0.15) is 0 Å². The van der Waals surface area contributed by atoms with Crippen molar-refractivity contribution >= 4 is 11.4 Å². The first-order chi connectivity index (χ1) is 6.61. The predicted molar refractivity (Wildman–Crippen MR) is 57.9 cm³/mol. The van der Waals surface area contributed by atoms with E-state index in [9.17, 15) is 4.39 Å². The zero-order valence-corrected chi connectivity index (χ0v) is 8.55. The first-order valence-corrected chi connectivity index (χ1v) is 4.54. The molecule has 0 aliphatic heterocycles. The van der Waals surface area contributed by atoms with Crippen molar-refractivity contribution < 1.29 is 4.39 Å². The third-order valence-corrected chi connectivity index (χ3v) is 1.91. The fourth-order valence-corrected chi connectivity index (χ4v) is 1.13. The minimum Gasteiger partial charge on any atom is -0.397 e. The Bertz CT molecular complexity index is 279. The summed E-state index contributed by atoms with van der Waals surface area (Å²) in [6.45, 7) is 1.52. The van der Waals surface area contributed by atoms with Crippen molar-refractivity contribution in [3.05, 3.63) is 24.0 Å². The Kier molecular flexibility index (Phi) is 3.71. The zero-order chi connectivity index (χ0) is 10.6. The molecule has 0 saturated heterocycles. The molecule has 0 bridgehead atoms. The SMILES string of the molecule is CN(C)CCNc1c(N)cccc1F. The highest BCUT2D eigenvalue weighted by Crippen LogP contribution is 2.21. The Balaban J connectivity index is 2.58. The molecule has 0 aromatic heterocycles. The molecule has 0 amide bonds. The lowest BCUT2D eigenvalue weighted by molar-refractivity contribution is 0.425. The summed E-state index contributed by atoms with van der Waals surface area (Å²) in [5.74, 6) is -0.302. The smallest absolute Gasteiger partial charge is 0.148 e. The van der Waals surface area contributed by atoms with Gasteiger partial charge in [0.2, 0.25) is 0 Å². The first kappa shape index (κ1) is 10.8. The van der Waals surface area contributed by atoms with Crippen LogP contribution in [0.2, 0.25) is 0 Å². The minimum atomic E-state index is -0.302. The van der Waals surface area contributed by atoms with E-state index >= 15 is 0 Å². The van der Waals surface area contributed by atoms with Crippen molar-refractivity contribution in [1.82, 2.24) is 4.90 Å². The standard InChI is InChI=1S/C10H16FN3/c1-14(2)7-6-13-10-8(11)4-3-5-9(10)12/h3-5,13H,6-7,12H2,1-2H3. The van der Waals surface area contributed by atoms with E-state index < -0.39 is 0 Å². The average molecular weight is 197 g/mol. The second kappa shape index (κ2) is 4.81. The molecule has 0 spiro atoms. The molecule has 0 unspecified atom stereocenters. The van der Waals surface area contributed by atoms with E-state index in [0.717, 1.165) is 6.54 Å². The van der Waals surface area contributed by atoms with Gasteiger partial charge in [-0.1, -0.05) is 6.07 Å². The first-order valence-electron chi connectivity index (χ1n) is 4.54. The number of nitrogens with one attached hydrogen (secondary N) is 1. The fourth-order valence-electron chi connectivity index (χ4n) is 1.13. The second-order valence-corrected chi connectivity index (χ2v) is 3.43. The summed E-state index contributed by atoms with van der Waals surface area (Å²) in [6, 6.07) is 4.68. The highest BCUT2D eigenvalue weighted by Gasteiger charge is 2.04. The Labute approximate surface area is 83.7 Å². The Morgan fingerprint density at radius 1 is 1.43 bits per heavy atom. The Morgan fingerprint density at radius 2 is 2.14 bits per heavy atom. The van der Waals surface area contributed by atoms with Crippen LogP contribution in [0.25, 0.3) is 0 Å². The summed E-state index contributed by atoms with van der Waals surface area (Å²) < 4.78 is 13.2. The van der Waals surface area contributed by atoms with Gasteiger partial charge in [0.05, 0.1) is 11.4 Å². The van der Waals surface area contributed by atoms with E-state index in [4.69, 9.17) is 5.73 Å². The summed E-state index contributed by atoms with van der Waals surface area (Å²) in [4.78, 5) is 2.02. The normalized spacial score (nSPS) is 10.6. The van der Waals surface area contributed by atoms with Crippen LogP contribution in [0.15, 0.2) is 18.2 Å². The maximum absolute atomic E-state index is 13.2. The van der Waals surface area contributed by atoms with Gasteiger partial charge >= 0.3 is 0 Å². The number of anilines is 2. The van der Waals surface area contributed by atoms with Gasteiger partial charge in [-0.05, 0) is 26.2 Å². The fraction of sp³-hybridized carbons (Fsp3) is 0.400. The number of halogens is 1. The van der Waals surface area contributed by atoms with Gasteiger partial charge in [-0.15, -0.1) is 0 Å². The van der Waals surface area contributed by atoms with Gasteiger partial charge in [0.25, 0.3) is 0 Å². The van der Waals surface area contributed by atoms with Crippen molar-refractivity contribution in [3.8, 4) is 0 Å². The van der Waals surface area contributed by atoms with E-state index in [2.05, 4.69) is 5.32 Å². The monoisotopic (exact) mass is 197 g/mol. The van der Waals surface area contributed by atoms with Crippen LogP contribution < -0.4 is 11.1 Å². The summed E-state index contributed by atoms with van der Waals surface area (Å²) in [6.07, 6.45) is 0. The van der Waals surface area contributed by atoms with Gasteiger partial charge < -0.3 is 16.0 Å². The van der Waals surface area contributed by atoms with Crippen LogP contribution >= 0.6 is 0 Å². The summed E-state index contributed by atoms with van der Waals surface area (Å²) >= 11 is 0. The molecule has 1 rings (SSSR count). The number of para-hydroxylation sites is 1. The minimum absolute atomic E-state index is 0.302. The van der Waals surface area contributed by atoms with Crippen LogP contribution in [0.4, 0.5) is 15.8 Å². The van der Waals surface area contributed by atoms with Crippen molar-refractivity contribution in [2.75, 3.05) is 38.2 Å². The molecule has 3 nitrogen and oxygen atoms in total. The Morgan fingerprint density at radius 3 is 2.71 bits per heavy atom. The van der Waals surface area contributed by atoms with Crippen LogP contribution in [0.5, 0.6) is 0 Å². The van der Waals surface area contributed by atoms with Gasteiger partial charge in [0.15, 0.2) is 0 Å². The van der Waals surface area contributed by atoms with E-state index in [0.29, 0.717) is 17.9 Å². The topological polar surface area (TPSA) is 41.3 Å². The molecule has 3 N–H and O–H groups in total. The molecule has 0 radical (unpaired) electrons. The quantitative estimate of drug-likeness (QED) is 0.716. The van der Waals surface area contributed by atoms with Crippen LogP contribution in [-0.2, 0) is 0 Å². The molecular weight excluding hydrogens is 181 g/mol. The van der Waals surface area contributed by atoms with Gasteiger partial charge in [-0.2, -0.15) is 0 Å². The van der Waals surface area contributed by atoms with Gasteiger partial charge in [0.1, 0.15) is 5.82 Å². The van der Waals surface area contributed by atoms with Crippen LogP contribution in [0, 0.1) is 5.82 Å². The number of benzene rings is 1. The highest BCUT2D eigenvalue weighted by molar-refractivity contribution is 5.66. The lowest BCUT2D eigenvalue weighted by atomic mass is 10.2. The third-order valence-electron chi connectivity index (χ3n) is 1.91. The third kappa shape index (κ3) is 2.88. The molecule has 0 atom stereocenters. The van der Waals surface area contributed by atoms with Crippen molar-refractivity contribution in [1.29, 1.82) is 0 Å². The summed E-state index contributed by atoms with van der Waals surface area (Å²) in [5.41, 5.74) is 6.47. The van der Waals surface area contributed by atoms with Gasteiger partial charge in [-0.3, -0.25) is 0 Å². The molecule has 0 aliphatic rings. The molecule has 0 saturated carbocycles. The van der Waals surface area contributed by atoms with Crippen molar-refractivity contribution in [2.45, 2.75) is 0 Å². The van der Waals surface area contributed by atoms with Crippen molar-refractivity contribution in [2.24, 2.45) is 0 Å². The molecule has 0 aliphatic carbocycles. The number of nitrogens with zero attached hydrogens (tertiary/aromatic N) is 1. The Hall–Kier alpha value is -1.29. The van der Waals surface area contributed by atoms with E-state index in [1.165, 1.54) is 6.07 Å². The second-order valence-electron chi connectivity index (χ2n) is 3.43. The molecule has 4 heteroatoms. The summed E-state index contributed by atoms with van der Waals surface area (Å²) in [7, 11) is 3.93. The number of nitrogen functional groups attached to an aromatic ring is 1. The predicted octanol–water partition coefficient (Wildman–Crippen LogP) is 1.38. The van der Waals surface area contributed by atoms with Crippen molar-refractivity contribution in [3.63, 3.8) is 0 Å². The molecule has 14 heavy (non-hydrogen) atoms. The van der Waals surface area contributed by atoms with Gasteiger partial charge in [-0.25, -0.2) is 4.39 Å². The number of nitrogens with two attached hydrogens (primary N) is 1. The maximum Gasteiger partial charge on any atom is 0.148 e. The number of rotatable bonds is 4. The van der Waals surface area contributed by atoms with E-state index in [1.807, 2.05) is 19.0 Å². The van der Waals surface area contributed by atoms with E-state index in [1.54, 1.807) is 12.1 Å². The molecule has 78 valence electrons. The van der Waals surface area contributed by atoms with E-state index in [-0.39, 0.29) is 5.82 Å². The van der Waals surface area contributed by atoms with Crippen LogP contribution in [-0.4, -0.2) is 32.1 Å². The summed E-state index contributed by atoms with van der Waals surface area (Å²) in [5, 5.41) is 2.97. The maximum atomic E-state index is 13.2. The highest BCUT2D eigenvalue weighted by atomic mass is 19.1. The largest absolute Gasteiger partial charge is 0.397 e. The molecule has 0 fully saturated rings. The number of likely N-dealkylation sites (N-methyl/N-ethyl adjacent to an activating group) is 1. The van der Waals surface area contributed by atoms with Gasteiger partial charge in [0, 0.05) is 13.1 Å². The number of hydrogen-bond donors (Lipinski definition) is 2. The zero-order valence-electron chi connectivity index (χ0n) is 8.55. The average Bonchev–Trinajstić information content (AvgIpc) is 2.09. The van der Waals surface area contributed by atoms with Crippen LogP contribution in [0.3, 0.4) is 0 Å². The lowest BCUT2D eigenvalue weighted by Crippen LogP contribution is -2.21. The number of hydrogen-bond acceptors (Lipinski definition) is 3. The molecular formula is C10H16FN3. The molecule has 1 aromatic carbocycles.